The number of hydrogen-bond donors (Lipinski definition) is 1. The second-order valence-corrected chi connectivity index (χ2v) is 6.78. The standard InChI is InChI=1S/C17H13BrFN5O/c18-11-9-20-16(21-10-11)24-8-5-14(23-24)22-15(25)17(6-7-17)12-3-1-2-4-13(12)19/h1-5,8-10H,6-7H2,(H,22,23,25). The first kappa shape index (κ1) is 15.9. The van der Waals surface area contributed by atoms with Crippen molar-refractivity contribution >= 4 is 27.7 Å². The Bertz CT molecular complexity index is 936. The van der Waals surface area contributed by atoms with Crippen molar-refractivity contribution in [3.8, 4) is 5.95 Å². The lowest BCUT2D eigenvalue weighted by Gasteiger charge is -2.15. The maximum Gasteiger partial charge on any atom is 0.250 e. The minimum atomic E-state index is -0.802. The minimum absolute atomic E-state index is 0.250. The van der Waals surface area contributed by atoms with Gasteiger partial charge in [0.15, 0.2) is 5.82 Å². The molecule has 1 fully saturated rings. The molecule has 1 saturated carbocycles. The molecule has 0 saturated heterocycles. The predicted molar refractivity (Wildman–Crippen MR) is 92.8 cm³/mol. The second-order valence-electron chi connectivity index (χ2n) is 5.86. The van der Waals surface area contributed by atoms with E-state index in [1.165, 1.54) is 10.7 Å². The van der Waals surface area contributed by atoms with Crippen LogP contribution in [0.2, 0.25) is 0 Å². The molecule has 4 rings (SSSR count). The van der Waals surface area contributed by atoms with Gasteiger partial charge < -0.3 is 5.32 Å². The molecule has 0 spiro atoms. The van der Waals surface area contributed by atoms with Crippen molar-refractivity contribution in [2.45, 2.75) is 18.3 Å². The smallest absolute Gasteiger partial charge is 0.250 e. The molecule has 0 bridgehead atoms. The highest BCUT2D eigenvalue weighted by Gasteiger charge is 2.52. The second kappa shape index (κ2) is 6.03. The zero-order valence-electron chi connectivity index (χ0n) is 13.0. The molecule has 0 atom stereocenters. The van der Waals surface area contributed by atoms with Gasteiger partial charge in [-0.25, -0.2) is 19.0 Å². The van der Waals surface area contributed by atoms with Gasteiger partial charge in [0.1, 0.15) is 5.82 Å². The van der Waals surface area contributed by atoms with Crippen LogP contribution in [0.5, 0.6) is 0 Å². The van der Waals surface area contributed by atoms with Crippen molar-refractivity contribution in [2.75, 3.05) is 5.32 Å². The Hall–Kier alpha value is -2.61. The van der Waals surface area contributed by atoms with Crippen molar-refractivity contribution in [1.29, 1.82) is 0 Å². The zero-order valence-corrected chi connectivity index (χ0v) is 14.6. The first-order valence-corrected chi connectivity index (χ1v) is 8.48. The summed E-state index contributed by atoms with van der Waals surface area (Å²) in [4.78, 5) is 21.0. The molecule has 1 aliphatic rings. The summed E-state index contributed by atoms with van der Waals surface area (Å²) in [6.07, 6.45) is 6.12. The van der Waals surface area contributed by atoms with Crippen molar-refractivity contribution in [3.05, 3.63) is 64.8 Å². The Morgan fingerprint density at radius 3 is 2.60 bits per heavy atom. The van der Waals surface area contributed by atoms with Crippen molar-refractivity contribution in [2.24, 2.45) is 0 Å². The number of hydrogen-bond acceptors (Lipinski definition) is 4. The van der Waals surface area contributed by atoms with E-state index in [-0.39, 0.29) is 11.7 Å². The van der Waals surface area contributed by atoms with Gasteiger partial charge >= 0.3 is 0 Å². The molecule has 0 aliphatic heterocycles. The van der Waals surface area contributed by atoms with Gasteiger partial charge in [-0.05, 0) is 34.8 Å². The molecule has 1 aliphatic carbocycles. The van der Waals surface area contributed by atoms with Crippen molar-refractivity contribution < 1.29 is 9.18 Å². The van der Waals surface area contributed by atoms with Gasteiger partial charge in [-0.1, -0.05) is 18.2 Å². The lowest BCUT2D eigenvalue weighted by molar-refractivity contribution is -0.118. The third kappa shape index (κ3) is 2.93. The van der Waals surface area contributed by atoms with Crippen molar-refractivity contribution in [3.63, 3.8) is 0 Å². The number of aromatic nitrogens is 4. The summed E-state index contributed by atoms with van der Waals surface area (Å²) in [6.45, 7) is 0. The summed E-state index contributed by atoms with van der Waals surface area (Å²) < 4.78 is 16.3. The maximum atomic E-state index is 14.1. The van der Waals surface area contributed by atoms with Crippen LogP contribution in [-0.4, -0.2) is 25.7 Å². The summed E-state index contributed by atoms with van der Waals surface area (Å²) in [5.41, 5.74) is -0.369. The molecule has 1 aromatic carbocycles. The number of rotatable bonds is 4. The number of carbonyl (C=O) groups excluding carboxylic acids is 1. The highest BCUT2D eigenvalue weighted by atomic mass is 79.9. The van der Waals surface area contributed by atoms with E-state index in [1.54, 1.807) is 42.9 Å². The fraction of sp³-hybridized carbons (Fsp3) is 0.176. The van der Waals surface area contributed by atoms with E-state index in [9.17, 15) is 9.18 Å². The molecule has 1 N–H and O–H groups in total. The number of nitrogens with one attached hydrogen (secondary N) is 1. The largest absolute Gasteiger partial charge is 0.308 e. The molecule has 2 aromatic heterocycles. The molecule has 3 aromatic rings. The Morgan fingerprint density at radius 1 is 1.20 bits per heavy atom. The van der Waals surface area contributed by atoms with Crippen LogP contribution in [0.25, 0.3) is 5.95 Å². The lowest BCUT2D eigenvalue weighted by atomic mass is 9.94. The molecule has 126 valence electrons. The third-order valence-corrected chi connectivity index (χ3v) is 4.63. The Morgan fingerprint density at radius 2 is 1.92 bits per heavy atom. The highest BCUT2D eigenvalue weighted by Crippen LogP contribution is 2.49. The van der Waals surface area contributed by atoms with Gasteiger partial charge in [-0.2, -0.15) is 0 Å². The number of amides is 1. The first-order chi connectivity index (χ1) is 12.1. The Balaban J connectivity index is 1.54. The number of nitrogens with zero attached hydrogens (tertiary/aromatic N) is 4. The fourth-order valence-corrected chi connectivity index (χ4v) is 2.96. The lowest BCUT2D eigenvalue weighted by Crippen LogP contribution is -2.29. The first-order valence-electron chi connectivity index (χ1n) is 7.68. The minimum Gasteiger partial charge on any atom is -0.308 e. The SMILES string of the molecule is O=C(Nc1ccn(-c2ncc(Br)cn2)n1)C1(c2ccccc2F)CC1. The van der Waals surface area contributed by atoms with Gasteiger partial charge in [0.25, 0.3) is 5.95 Å². The summed E-state index contributed by atoms with van der Waals surface area (Å²) in [7, 11) is 0. The third-order valence-electron chi connectivity index (χ3n) is 4.22. The van der Waals surface area contributed by atoms with Gasteiger partial charge in [0.05, 0.1) is 9.89 Å². The molecule has 25 heavy (non-hydrogen) atoms. The number of carbonyl (C=O) groups is 1. The Kier molecular flexibility index (Phi) is 3.84. The van der Waals surface area contributed by atoms with E-state index in [1.807, 2.05) is 0 Å². The van der Waals surface area contributed by atoms with E-state index in [0.717, 1.165) is 4.47 Å². The molecule has 0 radical (unpaired) electrons. The summed E-state index contributed by atoms with van der Waals surface area (Å²) in [6, 6.07) is 8.05. The molecule has 2 heterocycles. The summed E-state index contributed by atoms with van der Waals surface area (Å²) in [5, 5.41) is 7.03. The molecule has 0 unspecified atom stereocenters. The fourth-order valence-electron chi connectivity index (χ4n) is 2.75. The molecule has 1 amide bonds. The van der Waals surface area contributed by atoms with Gasteiger partial charge in [-0.3, -0.25) is 4.79 Å². The van der Waals surface area contributed by atoms with Crippen LogP contribution < -0.4 is 5.32 Å². The van der Waals surface area contributed by atoms with E-state index in [4.69, 9.17) is 0 Å². The predicted octanol–water partition coefficient (Wildman–Crippen LogP) is 3.23. The average Bonchev–Trinajstić information content (AvgIpc) is 3.29. The average molecular weight is 402 g/mol. The van der Waals surface area contributed by atoms with Crippen LogP contribution in [-0.2, 0) is 10.2 Å². The number of anilines is 1. The van der Waals surface area contributed by atoms with Gasteiger partial charge in [-0.15, -0.1) is 5.10 Å². The van der Waals surface area contributed by atoms with Crippen molar-refractivity contribution in [1.82, 2.24) is 19.7 Å². The summed E-state index contributed by atoms with van der Waals surface area (Å²) >= 11 is 3.27. The number of benzene rings is 1. The van der Waals surface area contributed by atoms with Crippen LogP contribution in [0, 0.1) is 5.82 Å². The van der Waals surface area contributed by atoms with Crippen LogP contribution >= 0.6 is 15.9 Å². The van der Waals surface area contributed by atoms with Gasteiger partial charge in [0, 0.05) is 30.2 Å². The normalized spacial score (nSPS) is 15.0. The summed E-state index contributed by atoms with van der Waals surface area (Å²) in [5.74, 6) is 0.154. The number of halogens is 2. The topological polar surface area (TPSA) is 72.7 Å². The van der Waals surface area contributed by atoms with E-state index in [0.29, 0.717) is 30.2 Å². The highest BCUT2D eigenvalue weighted by molar-refractivity contribution is 9.10. The zero-order chi connectivity index (χ0) is 17.4. The molecule has 6 nitrogen and oxygen atoms in total. The quantitative estimate of drug-likeness (QED) is 0.728. The van der Waals surface area contributed by atoms with E-state index in [2.05, 4.69) is 36.3 Å². The van der Waals surface area contributed by atoms with E-state index >= 15 is 0 Å². The molecular formula is C17H13BrFN5O. The van der Waals surface area contributed by atoms with Crippen LogP contribution in [0.1, 0.15) is 18.4 Å². The molecular weight excluding hydrogens is 389 g/mol. The van der Waals surface area contributed by atoms with Crippen LogP contribution in [0.3, 0.4) is 0 Å². The monoisotopic (exact) mass is 401 g/mol. The maximum absolute atomic E-state index is 14.1. The van der Waals surface area contributed by atoms with Gasteiger partial charge in [0.2, 0.25) is 5.91 Å². The van der Waals surface area contributed by atoms with Crippen LogP contribution in [0.15, 0.2) is 53.4 Å². The van der Waals surface area contributed by atoms with Crippen LogP contribution in [0.4, 0.5) is 10.2 Å². The van der Waals surface area contributed by atoms with E-state index < -0.39 is 5.41 Å². The molecule has 8 heteroatoms. The Labute approximate surface area is 151 Å².